The van der Waals surface area contributed by atoms with Gasteiger partial charge in [-0.15, -0.1) is 0 Å². The summed E-state index contributed by atoms with van der Waals surface area (Å²) in [4.78, 5) is 44.4. The van der Waals surface area contributed by atoms with Crippen molar-refractivity contribution in [2.75, 3.05) is 0 Å². The maximum Gasteiger partial charge on any atom is 0.184 e. The van der Waals surface area contributed by atoms with Gasteiger partial charge in [-0.1, -0.05) is 67.5 Å². The zero-order valence-electron chi connectivity index (χ0n) is 24.1. The molecule has 1 N–H and O–H groups in total. The van der Waals surface area contributed by atoms with Crippen molar-refractivity contribution < 1.29 is 24.2 Å². The molecule has 1 aromatic rings. The Kier molecular flexibility index (Phi) is 7.01. The van der Waals surface area contributed by atoms with E-state index in [0.717, 1.165) is 11.1 Å². The number of carbonyl (C=O) groups excluding carboxylic acids is 3. The van der Waals surface area contributed by atoms with Crippen LogP contribution in [0.4, 0.5) is 0 Å². The Balaban J connectivity index is 2.06. The van der Waals surface area contributed by atoms with Crippen LogP contribution in [0.5, 0.6) is 0 Å². The van der Waals surface area contributed by atoms with Crippen LogP contribution in [0.15, 0.2) is 65.0 Å². The van der Waals surface area contributed by atoms with Crippen molar-refractivity contribution in [3.8, 4) is 0 Å². The molecule has 5 nitrogen and oxygen atoms in total. The number of ether oxygens (including phenoxy) is 1. The van der Waals surface area contributed by atoms with Crippen LogP contribution in [-0.4, -0.2) is 34.2 Å². The fraction of sp³-hybridized carbons (Fsp3) is 0.545. The third-order valence-corrected chi connectivity index (χ3v) is 9.16. The third-order valence-electron chi connectivity index (χ3n) is 9.16. The van der Waals surface area contributed by atoms with Gasteiger partial charge < -0.3 is 9.84 Å². The molecule has 38 heavy (non-hydrogen) atoms. The van der Waals surface area contributed by atoms with E-state index in [2.05, 4.69) is 6.08 Å². The molecule has 1 aromatic carbocycles. The first kappa shape index (κ1) is 28.2. The highest BCUT2D eigenvalue weighted by Gasteiger charge is 2.76. The number of carbonyl (C=O) groups is 3. The topological polar surface area (TPSA) is 80.7 Å². The lowest BCUT2D eigenvalue weighted by Crippen LogP contribution is -2.69. The summed E-state index contributed by atoms with van der Waals surface area (Å²) < 4.78 is 6.40. The van der Waals surface area contributed by atoms with Crippen LogP contribution in [0.2, 0.25) is 0 Å². The number of rotatable bonds is 7. The first-order valence-corrected chi connectivity index (χ1v) is 13.7. The van der Waals surface area contributed by atoms with Crippen LogP contribution in [0.25, 0.3) is 0 Å². The van der Waals surface area contributed by atoms with Gasteiger partial charge >= 0.3 is 0 Å². The minimum Gasteiger partial charge on any atom is -0.490 e. The molecule has 0 aromatic heterocycles. The van der Waals surface area contributed by atoms with Crippen LogP contribution < -0.4 is 0 Å². The van der Waals surface area contributed by atoms with Crippen molar-refractivity contribution in [3.63, 3.8) is 0 Å². The highest BCUT2D eigenvalue weighted by Crippen LogP contribution is 2.67. The van der Waals surface area contributed by atoms with Crippen molar-refractivity contribution in [1.29, 1.82) is 0 Å². The average molecular weight is 519 g/mol. The Bertz CT molecular complexity index is 1250. The van der Waals surface area contributed by atoms with E-state index in [1.165, 1.54) is 0 Å². The summed E-state index contributed by atoms with van der Waals surface area (Å²) in [6, 6.07) is 8.74. The molecule has 2 bridgehead atoms. The molecule has 4 rings (SSSR count). The summed E-state index contributed by atoms with van der Waals surface area (Å²) in [5.41, 5.74) is -2.23. The number of ketones is 3. The van der Waals surface area contributed by atoms with E-state index in [4.69, 9.17) is 4.74 Å². The predicted octanol–water partition coefficient (Wildman–Crippen LogP) is 6.57. The van der Waals surface area contributed by atoms with Crippen LogP contribution in [-0.2, 0) is 14.3 Å². The maximum atomic E-state index is 15.0. The Morgan fingerprint density at radius 3 is 2.21 bits per heavy atom. The zero-order chi connectivity index (χ0) is 28.3. The van der Waals surface area contributed by atoms with Gasteiger partial charge in [-0.2, -0.15) is 0 Å². The van der Waals surface area contributed by atoms with Crippen LogP contribution in [0.3, 0.4) is 0 Å². The molecule has 1 fully saturated rings. The minimum absolute atomic E-state index is 0.129. The number of allylic oxidation sites excluding steroid dienone is 5. The lowest BCUT2D eigenvalue weighted by Gasteiger charge is -2.59. The van der Waals surface area contributed by atoms with Crippen molar-refractivity contribution in [3.05, 3.63) is 70.5 Å². The third kappa shape index (κ3) is 4.05. The number of Topliss-reactive ketones (excluding diaryl/α,β-unsaturated/α-hetero) is 3. The maximum absolute atomic E-state index is 15.0. The van der Waals surface area contributed by atoms with E-state index in [9.17, 15) is 14.7 Å². The van der Waals surface area contributed by atoms with Gasteiger partial charge in [0.2, 0.25) is 0 Å². The molecule has 2 aliphatic carbocycles. The fourth-order valence-corrected chi connectivity index (χ4v) is 6.78. The van der Waals surface area contributed by atoms with E-state index >= 15 is 4.79 Å². The fourth-order valence-electron chi connectivity index (χ4n) is 6.78. The summed E-state index contributed by atoms with van der Waals surface area (Å²) in [5.74, 6) is -0.977. The Labute approximate surface area is 227 Å². The molecule has 0 spiro atoms. The highest BCUT2D eigenvalue weighted by atomic mass is 16.5. The quantitative estimate of drug-likeness (QED) is 0.251. The van der Waals surface area contributed by atoms with E-state index in [1.807, 2.05) is 53.7 Å². The molecule has 204 valence electrons. The molecule has 0 amide bonds. The van der Waals surface area contributed by atoms with Gasteiger partial charge in [-0.05, 0) is 72.1 Å². The van der Waals surface area contributed by atoms with Crippen molar-refractivity contribution in [1.82, 2.24) is 0 Å². The van der Waals surface area contributed by atoms with E-state index in [1.54, 1.807) is 38.1 Å². The second kappa shape index (κ2) is 9.44. The molecular formula is C33H42O5. The average Bonchev–Trinajstić information content (AvgIpc) is 3.30. The molecule has 5 heteroatoms. The molecule has 4 atom stereocenters. The number of benzene rings is 1. The number of hydrogen-bond donors (Lipinski definition) is 1. The second-order valence-electron chi connectivity index (χ2n) is 13.1. The SMILES string of the molecule is CC(C)=CC[C@@H]1C[C@]2(CC=C(C)C)C(=O)[C@@](C(=O)c3ccccc3)(C(=O)C3=C2O[C@H](C(C)(C)O)C3)C1(C)C. The summed E-state index contributed by atoms with van der Waals surface area (Å²) in [6.07, 6.45) is 5.14. The largest absolute Gasteiger partial charge is 0.490 e. The standard InChI is InChI=1S/C33H42O5/c1-20(2)14-15-23-19-32(17-16-21(3)4)28-24(18-25(38-28)31(7,8)37)27(35)33(29(32)36,30(23,5)6)26(34)22-12-10-9-11-13-22/h9-14,16,23,25,37H,15,17-19H2,1-8H3/t23-,25+,32+,33-/m1/s1. The summed E-state index contributed by atoms with van der Waals surface area (Å²) >= 11 is 0. The summed E-state index contributed by atoms with van der Waals surface area (Å²) in [6.45, 7) is 15.2. The molecular weight excluding hydrogens is 476 g/mol. The van der Waals surface area contributed by atoms with Crippen molar-refractivity contribution in [2.24, 2.45) is 22.2 Å². The van der Waals surface area contributed by atoms with E-state index in [0.29, 0.717) is 36.2 Å². The smallest absolute Gasteiger partial charge is 0.184 e. The molecule has 1 heterocycles. The monoisotopic (exact) mass is 518 g/mol. The molecule has 3 aliphatic rings. The molecule has 0 unspecified atom stereocenters. The normalized spacial score (nSPS) is 29.9. The number of fused-ring (bicyclic) bond motifs is 3. The zero-order valence-corrected chi connectivity index (χ0v) is 24.1. The van der Waals surface area contributed by atoms with Gasteiger partial charge in [0.05, 0.1) is 11.0 Å². The van der Waals surface area contributed by atoms with Crippen LogP contribution in [0, 0.1) is 22.2 Å². The first-order valence-electron chi connectivity index (χ1n) is 13.7. The lowest BCUT2D eigenvalue weighted by atomic mass is 9.39. The molecule has 1 aliphatic heterocycles. The van der Waals surface area contributed by atoms with Gasteiger partial charge in [-0.3, -0.25) is 14.4 Å². The highest BCUT2D eigenvalue weighted by molar-refractivity contribution is 6.36. The van der Waals surface area contributed by atoms with Gasteiger partial charge in [0.15, 0.2) is 22.8 Å². The molecule has 1 saturated carbocycles. The van der Waals surface area contributed by atoms with Gasteiger partial charge in [-0.25, -0.2) is 0 Å². The van der Waals surface area contributed by atoms with Crippen LogP contribution >= 0.6 is 0 Å². The molecule has 0 radical (unpaired) electrons. The predicted molar refractivity (Wildman–Crippen MR) is 148 cm³/mol. The summed E-state index contributed by atoms with van der Waals surface area (Å²) in [5, 5.41) is 10.9. The molecule has 0 saturated heterocycles. The summed E-state index contributed by atoms with van der Waals surface area (Å²) in [7, 11) is 0. The van der Waals surface area contributed by atoms with E-state index < -0.39 is 39.5 Å². The van der Waals surface area contributed by atoms with Gasteiger partial charge in [0, 0.05) is 17.6 Å². The first-order chi connectivity index (χ1) is 17.6. The van der Waals surface area contributed by atoms with Crippen molar-refractivity contribution in [2.45, 2.75) is 92.8 Å². The Morgan fingerprint density at radius 1 is 1.05 bits per heavy atom. The van der Waals surface area contributed by atoms with Crippen molar-refractivity contribution >= 4 is 17.3 Å². The Hall–Kier alpha value is -2.79. The number of aliphatic hydroxyl groups is 1. The van der Waals surface area contributed by atoms with Gasteiger partial charge in [0.25, 0.3) is 0 Å². The van der Waals surface area contributed by atoms with E-state index in [-0.39, 0.29) is 18.1 Å². The van der Waals surface area contributed by atoms with Crippen LogP contribution in [0.1, 0.15) is 91.4 Å². The minimum atomic E-state index is -1.88. The Morgan fingerprint density at radius 2 is 1.66 bits per heavy atom. The second-order valence-corrected chi connectivity index (χ2v) is 13.1. The lowest BCUT2D eigenvalue weighted by molar-refractivity contribution is -0.166. The number of hydrogen-bond acceptors (Lipinski definition) is 5. The van der Waals surface area contributed by atoms with Gasteiger partial charge in [0.1, 0.15) is 11.9 Å².